The second-order valence-electron chi connectivity index (χ2n) is 33.5. The van der Waals surface area contributed by atoms with E-state index in [4.69, 9.17) is 5.73 Å². The number of anilines is 6. The maximum Gasteiger partial charge on any atom is 0.0546 e. The molecule has 0 radical (unpaired) electrons. The summed E-state index contributed by atoms with van der Waals surface area (Å²) in [4.78, 5) is 2.44. The number of nitrogens with two attached hydrogens (primary N) is 1. The molecule has 3 N–H and O–H groups in total. The topological polar surface area (TPSA) is 41.3 Å². The molecule has 0 bridgehead atoms. The molecule has 0 heterocycles. The van der Waals surface area contributed by atoms with Crippen LogP contribution in [0.5, 0.6) is 0 Å². The Balaban J connectivity index is 0.000000119. The number of nitrogens with zero attached hydrogens (tertiary/aromatic N) is 1. The molecule has 0 unspecified atom stereocenters. The molecule has 0 fully saturated rings. The molecular weight excluding hydrogens is 1630 g/mol. The first-order valence-corrected chi connectivity index (χ1v) is 43.6. The Morgan fingerprint density at radius 3 is 1.04 bits per heavy atom. The Morgan fingerprint density at radius 2 is 0.565 bits per heavy atom. The van der Waals surface area contributed by atoms with E-state index in [0.717, 1.165) is 42.9 Å². The molecule has 124 heavy (non-hydrogen) atoms. The normalized spacial score (nSPS) is 12.8. The number of para-hydroxylation sites is 1. The third kappa shape index (κ3) is 15.3. The van der Waals surface area contributed by atoms with Crippen LogP contribution in [0.1, 0.15) is 89.8 Å². The van der Waals surface area contributed by atoms with Crippen molar-refractivity contribution in [1.82, 2.24) is 0 Å². The quantitative estimate of drug-likeness (QED) is 0.149. The van der Waals surface area contributed by atoms with Crippen LogP contribution in [0.4, 0.5) is 34.1 Å². The number of hydrogen-bond donors (Lipinski definition) is 2. The molecule has 604 valence electrons. The average Bonchev–Trinajstić information content (AvgIpc) is 1.58. The SMILES string of the molecule is Brc1ccccc1.C.C.CC1(C)c2ccccc2-c2cc(Br)ccc21.CC1(C)c2ccccc2-c2cc(N(c3ccccc3)c3ccc4ccccc4c3-c3cccc4ccccc34)ccc21.CC1(C)c2ccccc2-c2cc(Nc3ccc4ccccc4c3-c3cccc4ccccc34)ccc21.Nc1ccc2ccccc2c1-c1cccc2ccccc12. The summed E-state index contributed by atoms with van der Waals surface area (Å²) in [5.74, 6) is 0. The smallest absolute Gasteiger partial charge is 0.0546 e. The number of hydrogen-bond acceptors (Lipinski definition) is 3. The highest BCUT2D eigenvalue weighted by Crippen LogP contribution is 2.55. The average molecular weight is 1730 g/mol. The van der Waals surface area contributed by atoms with Crippen molar-refractivity contribution in [2.24, 2.45) is 0 Å². The molecular formula is C119H99Br2N3. The summed E-state index contributed by atoms with van der Waals surface area (Å²) in [6.45, 7) is 13.9. The summed E-state index contributed by atoms with van der Waals surface area (Å²) in [6.07, 6.45) is 0. The molecule has 3 nitrogen and oxygen atoms in total. The molecule has 3 aliphatic carbocycles. The third-order valence-corrected chi connectivity index (χ3v) is 26.2. The van der Waals surface area contributed by atoms with Crippen molar-refractivity contribution in [2.75, 3.05) is 16.0 Å². The lowest BCUT2D eigenvalue weighted by atomic mass is 9.82. The Kier molecular flexibility index (Phi) is 23.1. The van der Waals surface area contributed by atoms with Crippen LogP contribution >= 0.6 is 31.9 Å². The van der Waals surface area contributed by atoms with Crippen molar-refractivity contribution in [3.63, 3.8) is 0 Å². The first-order chi connectivity index (χ1) is 59.6. The summed E-state index contributed by atoms with van der Waals surface area (Å²) in [7, 11) is 0. The van der Waals surface area contributed by atoms with E-state index in [-0.39, 0.29) is 31.1 Å². The van der Waals surface area contributed by atoms with Crippen molar-refractivity contribution >= 4 is 131 Å². The van der Waals surface area contributed by atoms with Gasteiger partial charge in [0.2, 0.25) is 0 Å². The summed E-state index contributed by atoms with van der Waals surface area (Å²) in [6, 6.07) is 152. The fourth-order valence-corrected chi connectivity index (χ4v) is 19.9. The number of nitrogens with one attached hydrogen (secondary N) is 1. The predicted molar refractivity (Wildman–Crippen MR) is 544 cm³/mol. The Bertz CT molecular complexity index is 7370. The number of fused-ring (bicyclic) bond motifs is 15. The van der Waals surface area contributed by atoms with Gasteiger partial charge in [-0.25, -0.2) is 0 Å². The number of benzene rings is 20. The minimum atomic E-state index is -0.0287. The van der Waals surface area contributed by atoms with E-state index < -0.39 is 0 Å². The second kappa shape index (κ2) is 34.7. The predicted octanol–water partition coefficient (Wildman–Crippen LogP) is 34.9. The van der Waals surface area contributed by atoms with Crippen molar-refractivity contribution in [2.45, 2.75) is 72.6 Å². The fourth-order valence-electron chi connectivity index (χ4n) is 19.2. The van der Waals surface area contributed by atoms with E-state index in [0.29, 0.717) is 0 Å². The van der Waals surface area contributed by atoms with Gasteiger partial charge >= 0.3 is 0 Å². The lowest BCUT2D eigenvalue weighted by molar-refractivity contribution is 0.660. The van der Waals surface area contributed by atoms with Gasteiger partial charge in [-0.3, -0.25) is 0 Å². The number of nitrogen functional groups attached to an aromatic ring is 1. The van der Waals surface area contributed by atoms with Crippen LogP contribution in [-0.2, 0) is 16.2 Å². The number of halogens is 2. The molecule has 20 aromatic carbocycles. The van der Waals surface area contributed by atoms with Gasteiger partial charge in [0.05, 0.1) is 5.69 Å². The lowest BCUT2D eigenvalue weighted by Crippen LogP contribution is -2.15. The Labute approximate surface area is 747 Å². The minimum Gasteiger partial charge on any atom is -0.398 e. The highest BCUT2D eigenvalue weighted by Gasteiger charge is 2.38. The zero-order chi connectivity index (χ0) is 83.2. The highest BCUT2D eigenvalue weighted by atomic mass is 79.9. The van der Waals surface area contributed by atoms with Crippen molar-refractivity contribution in [1.29, 1.82) is 0 Å². The minimum absolute atomic E-state index is 0. The molecule has 0 saturated heterocycles. The summed E-state index contributed by atoms with van der Waals surface area (Å²) >= 11 is 6.87. The van der Waals surface area contributed by atoms with E-state index in [2.05, 4.69) is 472 Å². The second-order valence-corrected chi connectivity index (χ2v) is 35.3. The molecule has 20 aromatic rings. The van der Waals surface area contributed by atoms with Gasteiger partial charge in [-0.2, -0.15) is 0 Å². The van der Waals surface area contributed by atoms with Gasteiger partial charge < -0.3 is 16.0 Å². The van der Waals surface area contributed by atoms with Crippen LogP contribution in [0.3, 0.4) is 0 Å². The van der Waals surface area contributed by atoms with Crippen molar-refractivity contribution in [3.05, 3.63) is 467 Å². The van der Waals surface area contributed by atoms with Crippen LogP contribution < -0.4 is 16.0 Å². The molecule has 0 aromatic heterocycles. The van der Waals surface area contributed by atoms with Crippen LogP contribution in [0, 0.1) is 0 Å². The van der Waals surface area contributed by atoms with Gasteiger partial charge in [-0.1, -0.05) is 434 Å². The van der Waals surface area contributed by atoms with E-state index >= 15 is 0 Å². The van der Waals surface area contributed by atoms with Crippen LogP contribution in [0.25, 0.3) is 131 Å². The highest BCUT2D eigenvalue weighted by molar-refractivity contribution is 9.10. The molecule has 0 saturated carbocycles. The zero-order valence-electron chi connectivity index (χ0n) is 69.2. The number of rotatable bonds is 8. The third-order valence-electron chi connectivity index (χ3n) is 25.2. The van der Waals surface area contributed by atoms with E-state index in [1.54, 1.807) is 0 Å². The van der Waals surface area contributed by atoms with Gasteiger partial charge in [0.1, 0.15) is 0 Å². The maximum atomic E-state index is 6.31. The largest absolute Gasteiger partial charge is 0.398 e. The fraction of sp³-hybridized carbons (Fsp3) is 0.0924. The van der Waals surface area contributed by atoms with Gasteiger partial charge in [0.25, 0.3) is 0 Å². The first kappa shape index (κ1) is 82.6. The standard InChI is InChI=1S/C41H31N.C35H27N.C20H15N.C15H13Br.C6H5Br.2CH4/c1-41(2)37-22-11-10-20-34(37)36-27-31(24-25-38(36)41)42(30-16-4-3-5-17-30)39-26-23-29-14-7-9-19-33(29)40(39)35-21-12-15-28-13-6-8-18-32(28)35;1-35(2)31-17-8-7-15-28(31)30-22-25(19-20-32(30)35)36-33-21-18-24-11-4-6-14-27(24)34(33)29-16-9-12-23-10-3-5-13-26(23)29;21-19-13-12-15-7-2-4-10-17(15)20(19)18-11-5-8-14-6-1-3-9-16(14)18;1-15(2)13-6-4-3-5-11(13)12-9-10(16)7-8-14(12)15;7-6-4-2-1-3-5-6;;/h3-27H,1-2H3;3-22,36H,1-2H3;1-13H,21H2;3-9H,1-2H3;1-5H;2*1H4. The van der Waals surface area contributed by atoms with Crippen LogP contribution in [-0.4, -0.2) is 0 Å². The Morgan fingerprint density at radius 1 is 0.234 bits per heavy atom. The molecule has 0 aliphatic heterocycles. The van der Waals surface area contributed by atoms with E-state index in [1.807, 2.05) is 36.4 Å². The van der Waals surface area contributed by atoms with Crippen LogP contribution in [0.15, 0.2) is 434 Å². The summed E-state index contributed by atoms with van der Waals surface area (Å²) in [5, 5.41) is 18.7. The molecule has 0 atom stereocenters. The lowest BCUT2D eigenvalue weighted by Gasteiger charge is -2.30. The molecule has 23 rings (SSSR count). The van der Waals surface area contributed by atoms with Gasteiger partial charge in [0, 0.05) is 70.3 Å². The monoisotopic (exact) mass is 1730 g/mol. The molecule has 5 heteroatoms. The van der Waals surface area contributed by atoms with Gasteiger partial charge in [-0.15, -0.1) is 0 Å². The summed E-state index contributed by atoms with van der Waals surface area (Å²) < 4.78 is 2.29. The van der Waals surface area contributed by atoms with Crippen molar-refractivity contribution < 1.29 is 0 Å². The van der Waals surface area contributed by atoms with Crippen LogP contribution in [0.2, 0.25) is 0 Å². The molecule has 0 spiro atoms. The summed E-state index contributed by atoms with van der Waals surface area (Å²) in [5.41, 5.74) is 36.8. The molecule has 3 aliphatic rings. The van der Waals surface area contributed by atoms with Gasteiger partial charge in [0.15, 0.2) is 0 Å². The van der Waals surface area contributed by atoms with Crippen molar-refractivity contribution in [3.8, 4) is 66.8 Å². The zero-order valence-corrected chi connectivity index (χ0v) is 72.4. The first-order valence-electron chi connectivity index (χ1n) is 42.0. The molecule has 0 amide bonds. The Hall–Kier alpha value is -13.7. The van der Waals surface area contributed by atoms with E-state index in [1.165, 1.54) is 165 Å². The van der Waals surface area contributed by atoms with E-state index in [9.17, 15) is 0 Å². The van der Waals surface area contributed by atoms with Gasteiger partial charge in [-0.05, 0) is 227 Å². The maximum absolute atomic E-state index is 6.31.